The Bertz CT molecular complexity index is 159. The Morgan fingerprint density at radius 2 is 2.40 bits per heavy atom. The van der Waals surface area contributed by atoms with Crippen LogP contribution in [0.1, 0.15) is 13.3 Å². The van der Waals surface area contributed by atoms with Crippen molar-refractivity contribution in [3.63, 3.8) is 0 Å². The maximum Gasteiger partial charge on any atom is 0.0406 e. The summed E-state index contributed by atoms with van der Waals surface area (Å²) in [6.45, 7) is 4.16. The van der Waals surface area contributed by atoms with Crippen LogP contribution in [-0.4, -0.2) is 31.3 Å². The summed E-state index contributed by atoms with van der Waals surface area (Å²) in [6, 6.07) is 0. The van der Waals surface area contributed by atoms with Gasteiger partial charge >= 0.3 is 0 Å². The molecule has 1 aliphatic rings. The van der Waals surface area contributed by atoms with Crippen LogP contribution >= 0.6 is 0 Å². The molecule has 0 saturated heterocycles. The molecule has 0 fully saturated rings. The number of aliphatic imine (C=N–C) groups is 1. The second-order valence-corrected chi connectivity index (χ2v) is 2.74. The maximum absolute atomic E-state index is 4.23. The highest BCUT2D eigenvalue weighted by Crippen LogP contribution is 1.98. The second kappa shape index (κ2) is 3.40. The molecule has 0 aromatic rings. The molecule has 0 unspecified atom stereocenters. The van der Waals surface area contributed by atoms with Crippen LogP contribution in [0.4, 0.5) is 0 Å². The summed E-state index contributed by atoms with van der Waals surface area (Å²) in [6.07, 6.45) is 5.23. The minimum absolute atomic E-state index is 0.968. The third-order valence-corrected chi connectivity index (χ3v) is 1.52. The highest BCUT2D eigenvalue weighted by Gasteiger charge is 1.95. The summed E-state index contributed by atoms with van der Waals surface area (Å²) in [7, 11) is 2.10. The van der Waals surface area contributed by atoms with E-state index in [1.54, 1.807) is 0 Å². The minimum Gasteiger partial charge on any atom is -0.380 e. The first-order valence-electron chi connectivity index (χ1n) is 3.67. The Labute approximate surface area is 62.3 Å². The molecule has 0 aliphatic carbocycles. The summed E-state index contributed by atoms with van der Waals surface area (Å²) in [4.78, 5) is 6.44. The van der Waals surface area contributed by atoms with Gasteiger partial charge in [0.15, 0.2) is 0 Å². The lowest BCUT2D eigenvalue weighted by Crippen LogP contribution is -2.15. The quantitative estimate of drug-likeness (QED) is 0.492. The van der Waals surface area contributed by atoms with Gasteiger partial charge in [-0.25, -0.2) is 0 Å². The van der Waals surface area contributed by atoms with Crippen molar-refractivity contribution in [1.82, 2.24) is 4.90 Å². The fraction of sp³-hybridized carbons (Fsp3) is 0.625. The molecule has 0 atom stereocenters. The van der Waals surface area contributed by atoms with Gasteiger partial charge in [-0.15, -0.1) is 0 Å². The van der Waals surface area contributed by atoms with Crippen molar-refractivity contribution in [2.45, 2.75) is 13.3 Å². The minimum atomic E-state index is 0.968. The van der Waals surface area contributed by atoms with E-state index >= 15 is 0 Å². The van der Waals surface area contributed by atoms with E-state index in [0.29, 0.717) is 0 Å². The van der Waals surface area contributed by atoms with E-state index in [4.69, 9.17) is 0 Å². The fourth-order valence-electron chi connectivity index (χ4n) is 1.07. The summed E-state index contributed by atoms with van der Waals surface area (Å²) in [5.41, 5.74) is 1.24. The Morgan fingerprint density at radius 1 is 1.60 bits per heavy atom. The van der Waals surface area contributed by atoms with Gasteiger partial charge in [0, 0.05) is 32.6 Å². The third kappa shape index (κ3) is 2.21. The molecule has 0 N–H and O–H groups in total. The monoisotopic (exact) mass is 138 g/mol. The van der Waals surface area contributed by atoms with Crippen LogP contribution in [0.25, 0.3) is 0 Å². The van der Waals surface area contributed by atoms with E-state index in [2.05, 4.69) is 30.1 Å². The molecule has 1 rings (SSSR count). The molecule has 1 heterocycles. The van der Waals surface area contributed by atoms with Gasteiger partial charge in [-0.05, 0) is 18.9 Å². The molecule has 0 radical (unpaired) electrons. The first-order valence-corrected chi connectivity index (χ1v) is 3.67. The highest BCUT2D eigenvalue weighted by molar-refractivity contribution is 5.77. The smallest absolute Gasteiger partial charge is 0.0406 e. The van der Waals surface area contributed by atoms with Crippen molar-refractivity contribution in [3.05, 3.63) is 11.8 Å². The van der Waals surface area contributed by atoms with E-state index in [1.807, 2.05) is 6.21 Å². The zero-order valence-corrected chi connectivity index (χ0v) is 6.67. The molecular weight excluding hydrogens is 124 g/mol. The van der Waals surface area contributed by atoms with E-state index < -0.39 is 0 Å². The molecular formula is C8H14N2. The largest absolute Gasteiger partial charge is 0.380 e. The summed E-state index contributed by atoms with van der Waals surface area (Å²) >= 11 is 0. The molecule has 0 bridgehead atoms. The molecule has 0 saturated carbocycles. The first kappa shape index (κ1) is 7.32. The second-order valence-electron chi connectivity index (χ2n) is 2.74. The average Bonchev–Trinajstić information content (AvgIpc) is 1.83. The van der Waals surface area contributed by atoms with Crippen LogP contribution in [-0.2, 0) is 0 Å². The van der Waals surface area contributed by atoms with Crippen molar-refractivity contribution in [2.75, 3.05) is 20.1 Å². The normalized spacial score (nSPS) is 19.8. The van der Waals surface area contributed by atoms with Gasteiger partial charge in [0.05, 0.1) is 0 Å². The number of allylic oxidation sites excluding steroid dienone is 1. The maximum atomic E-state index is 4.23. The fourth-order valence-corrected chi connectivity index (χ4v) is 1.07. The summed E-state index contributed by atoms with van der Waals surface area (Å²) < 4.78 is 0. The first-order chi connectivity index (χ1) is 4.79. The lowest BCUT2D eigenvalue weighted by molar-refractivity contribution is 0.444. The average molecular weight is 138 g/mol. The predicted octanol–water partition coefficient (Wildman–Crippen LogP) is 1.30. The van der Waals surface area contributed by atoms with E-state index in [-0.39, 0.29) is 0 Å². The lowest BCUT2D eigenvalue weighted by atomic mass is 10.3. The Hall–Kier alpha value is -0.790. The lowest BCUT2D eigenvalue weighted by Gasteiger charge is -2.15. The Kier molecular flexibility index (Phi) is 2.49. The molecule has 56 valence electrons. The highest BCUT2D eigenvalue weighted by atomic mass is 15.1. The molecule has 0 amide bonds. The van der Waals surface area contributed by atoms with Crippen molar-refractivity contribution in [3.8, 4) is 0 Å². The molecule has 2 nitrogen and oxygen atoms in total. The van der Waals surface area contributed by atoms with Gasteiger partial charge in [0.1, 0.15) is 0 Å². The SMILES string of the molecule is CC1=CN(C)CCCN=C1. The summed E-state index contributed by atoms with van der Waals surface area (Å²) in [5, 5.41) is 0. The standard InChI is InChI=1S/C8H14N2/c1-8-6-9-4-3-5-10(2)7-8/h6-7H,3-5H2,1-2H3. The van der Waals surface area contributed by atoms with Gasteiger partial charge < -0.3 is 4.90 Å². The predicted molar refractivity (Wildman–Crippen MR) is 44.4 cm³/mol. The van der Waals surface area contributed by atoms with Crippen LogP contribution < -0.4 is 0 Å². The summed E-state index contributed by atoms with van der Waals surface area (Å²) in [5.74, 6) is 0. The van der Waals surface area contributed by atoms with Crippen LogP contribution in [0.15, 0.2) is 16.8 Å². The van der Waals surface area contributed by atoms with E-state index in [1.165, 1.54) is 5.57 Å². The van der Waals surface area contributed by atoms with Gasteiger partial charge in [0.25, 0.3) is 0 Å². The molecule has 0 aromatic heterocycles. The molecule has 0 aromatic carbocycles. The van der Waals surface area contributed by atoms with Crippen molar-refractivity contribution in [2.24, 2.45) is 4.99 Å². The zero-order valence-electron chi connectivity index (χ0n) is 6.67. The zero-order chi connectivity index (χ0) is 7.40. The Balaban J connectivity index is 2.60. The molecule has 10 heavy (non-hydrogen) atoms. The molecule has 0 spiro atoms. The topological polar surface area (TPSA) is 15.6 Å². The van der Waals surface area contributed by atoms with Gasteiger partial charge in [-0.2, -0.15) is 0 Å². The van der Waals surface area contributed by atoms with Gasteiger partial charge in [0.2, 0.25) is 0 Å². The number of rotatable bonds is 0. The molecule has 1 aliphatic heterocycles. The van der Waals surface area contributed by atoms with Gasteiger partial charge in [-0.3, -0.25) is 4.99 Å². The van der Waals surface area contributed by atoms with Crippen molar-refractivity contribution in [1.29, 1.82) is 0 Å². The van der Waals surface area contributed by atoms with Crippen LogP contribution in [0.2, 0.25) is 0 Å². The van der Waals surface area contributed by atoms with Crippen molar-refractivity contribution < 1.29 is 0 Å². The van der Waals surface area contributed by atoms with E-state index in [0.717, 1.165) is 19.5 Å². The number of hydrogen-bond acceptors (Lipinski definition) is 2. The van der Waals surface area contributed by atoms with Gasteiger partial charge in [-0.1, -0.05) is 0 Å². The number of hydrogen-bond donors (Lipinski definition) is 0. The van der Waals surface area contributed by atoms with Crippen LogP contribution in [0.5, 0.6) is 0 Å². The molecule has 2 heteroatoms. The third-order valence-electron chi connectivity index (χ3n) is 1.52. The van der Waals surface area contributed by atoms with E-state index in [9.17, 15) is 0 Å². The van der Waals surface area contributed by atoms with Crippen LogP contribution in [0, 0.1) is 0 Å². The number of nitrogens with zero attached hydrogens (tertiary/aromatic N) is 2. The van der Waals surface area contributed by atoms with Crippen LogP contribution in [0.3, 0.4) is 0 Å². The van der Waals surface area contributed by atoms with Crippen molar-refractivity contribution >= 4 is 6.21 Å². The Morgan fingerprint density at radius 3 is 3.20 bits per heavy atom.